The Morgan fingerprint density at radius 2 is 1.25 bits per heavy atom. The van der Waals surface area contributed by atoms with Crippen LogP contribution in [0.1, 0.15) is 104 Å². The Hall–Kier alpha value is -1.73. The maximum absolute atomic E-state index is 5.51. The third kappa shape index (κ3) is 16.9. The van der Waals surface area contributed by atoms with Crippen LogP contribution >= 0.6 is 48.0 Å². The summed E-state index contributed by atoms with van der Waals surface area (Å²) in [6.07, 6.45) is 11.5. The second-order valence-corrected chi connectivity index (χ2v) is 16.2. The zero-order valence-corrected chi connectivity index (χ0v) is 37.7. The van der Waals surface area contributed by atoms with Crippen LogP contribution in [0.25, 0.3) is 11.1 Å². The molecule has 51 heavy (non-hydrogen) atoms. The summed E-state index contributed by atoms with van der Waals surface area (Å²) < 4.78 is 3.34. The molecule has 1 unspecified atom stereocenters. The number of fused-ring (bicyclic) bond motifs is 3. The van der Waals surface area contributed by atoms with Crippen molar-refractivity contribution in [1.82, 2.24) is 0 Å². The summed E-state index contributed by atoms with van der Waals surface area (Å²) in [5, 5.41) is 1.48. The van der Waals surface area contributed by atoms with E-state index >= 15 is 0 Å². The van der Waals surface area contributed by atoms with Gasteiger partial charge < -0.3 is 0 Å². The van der Waals surface area contributed by atoms with Crippen LogP contribution in [0.15, 0.2) is 96.6 Å². The molecule has 0 bridgehead atoms. The van der Waals surface area contributed by atoms with Gasteiger partial charge in [-0.15, -0.1) is 30.4 Å². The molecule has 0 aliphatic heterocycles. The van der Waals surface area contributed by atoms with Crippen LogP contribution in [0.3, 0.4) is 0 Å². The van der Waals surface area contributed by atoms with E-state index in [1.807, 2.05) is 36.4 Å². The molecule has 0 saturated heterocycles. The van der Waals surface area contributed by atoms with E-state index in [1.165, 1.54) is 76.0 Å². The first-order valence-corrected chi connectivity index (χ1v) is 19.6. The summed E-state index contributed by atoms with van der Waals surface area (Å²) in [7, 11) is 0. The Balaban J connectivity index is 0.000000706. The summed E-state index contributed by atoms with van der Waals surface area (Å²) in [6, 6.07) is 35.1. The van der Waals surface area contributed by atoms with Gasteiger partial charge in [0.15, 0.2) is 0 Å². The molecule has 0 radical (unpaired) electrons. The minimum absolute atomic E-state index is 0. The van der Waals surface area contributed by atoms with Gasteiger partial charge >= 0.3 is 28.4 Å². The Morgan fingerprint density at radius 1 is 0.725 bits per heavy atom. The van der Waals surface area contributed by atoms with E-state index in [-0.39, 0.29) is 35.6 Å². The molecule has 0 N–H and O–H groups in total. The zero-order valence-electron chi connectivity index (χ0n) is 32.1. The Morgan fingerprint density at radius 3 is 1.65 bits per heavy atom. The molecule has 4 aromatic rings. The first-order valence-electron chi connectivity index (χ1n) is 17.1. The van der Waals surface area contributed by atoms with Crippen LogP contribution in [0, 0.1) is 35.6 Å². The Kier molecular flexibility index (Phi) is 22.4. The topological polar surface area (TPSA) is 0 Å². The van der Waals surface area contributed by atoms with Crippen molar-refractivity contribution in [2.45, 2.75) is 99.3 Å². The molecule has 0 spiro atoms. The van der Waals surface area contributed by atoms with Crippen LogP contribution in [0.2, 0.25) is 10.0 Å². The van der Waals surface area contributed by atoms with Crippen LogP contribution in [-0.4, -0.2) is 4.21 Å². The molecule has 1 atom stereocenters. The molecule has 0 nitrogen and oxygen atoms in total. The number of allylic oxidation sites excluding steroid dienone is 4. The van der Waals surface area contributed by atoms with E-state index in [0.29, 0.717) is 11.3 Å². The molecule has 0 amide bonds. The van der Waals surface area contributed by atoms with E-state index in [2.05, 4.69) is 140 Å². The molecule has 0 fully saturated rings. The Bertz CT molecular complexity index is 1540. The van der Waals surface area contributed by atoms with Crippen LogP contribution in [0.5, 0.6) is 0 Å². The number of halogens is 4. The van der Waals surface area contributed by atoms with Crippen molar-refractivity contribution in [3.63, 3.8) is 0 Å². The number of hydrogen-bond acceptors (Lipinski definition) is 0. The first kappa shape index (κ1) is 49.3. The van der Waals surface area contributed by atoms with E-state index in [4.69, 9.17) is 23.2 Å². The molecule has 6 rings (SSSR count). The first-order chi connectivity index (χ1) is 23.0. The standard InChI is InChI=1S/C21H25.C12H19.2C6H4Cl.CH2.2ClH.Zr/c1-20(2,3)16-9-7-14-11-15-8-10-17(21(4,5)6)13-19(15)18(14)12-16;1-5-6-10-7-8-11(9-10)12(2,3)4;2*7-6-4-2-1-3-5-6;;;;/h7,9-10,12-13H,11H2,1-6H3;8-10H,5-6H2,1-4H3;2*1-2,4-5H;1H2;2*1H;/q4*-1;;;;. The van der Waals surface area contributed by atoms with Crippen molar-refractivity contribution < 1.29 is 24.2 Å². The van der Waals surface area contributed by atoms with E-state index in [0.717, 1.165) is 16.5 Å². The molecule has 5 heteroatoms. The fraction of sp³-hybridized carbons (Fsp3) is 0.370. The predicted octanol–water partition coefficient (Wildman–Crippen LogP) is 14.5. The fourth-order valence-corrected chi connectivity index (χ4v) is 5.45. The van der Waals surface area contributed by atoms with Crippen molar-refractivity contribution in [1.29, 1.82) is 0 Å². The third-order valence-electron chi connectivity index (χ3n) is 8.16. The van der Waals surface area contributed by atoms with E-state index in [9.17, 15) is 0 Å². The summed E-state index contributed by atoms with van der Waals surface area (Å²) >= 11 is 12.3. The van der Waals surface area contributed by atoms with Crippen LogP contribution < -0.4 is 0 Å². The molecule has 2 aliphatic rings. The van der Waals surface area contributed by atoms with Crippen molar-refractivity contribution in [2.24, 2.45) is 11.3 Å². The molecule has 0 saturated carbocycles. The number of rotatable bonds is 2. The normalized spacial score (nSPS) is 13.6. The van der Waals surface area contributed by atoms with Crippen LogP contribution in [-0.2, 0) is 41.5 Å². The van der Waals surface area contributed by atoms with Gasteiger partial charge in [0.2, 0.25) is 0 Å². The number of benzene rings is 4. The molecule has 0 heterocycles. The summed E-state index contributed by atoms with van der Waals surface area (Å²) in [6.45, 7) is 22.6. The SMILES string of the molecule is CC(C)(C)c1c[c-]c2c(c1)-c1cc(C(C)(C)C)ccc1C2.CCCC1[C-]=CC(C(C)(C)C)=C1.Cl.Cl.Clc1c[c-]ccc1.Clc1c[c-]ccc1.[CH2]=[Zr]. The van der Waals surface area contributed by atoms with Gasteiger partial charge in [0, 0.05) is 0 Å². The second-order valence-electron chi connectivity index (χ2n) is 15.4. The van der Waals surface area contributed by atoms with Gasteiger partial charge in [-0.05, 0) is 17.4 Å². The quantitative estimate of drug-likeness (QED) is 0.155. The van der Waals surface area contributed by atoms with Crippen molar-refractivity contribution in [2.75, 3.05) is 0 Å². The fourth-order valence-electron chi connectivity index (χ4n) is 5.18. The van der Waals surface area contributed by atoms with Gasteiger partial charge in [-0.2, -0.15) is 125 Å². The van der Waals surface area contributed by atoms with E-state index in [1.54, 1.807) is 12.1 Å². The van der Waals surface area contributed by atoms with Gasteiger partial charge in [0.1, 0.15) is 0 Å². The van der Waals surface area contributed by atoms with Crippen molar-refractivity contribution in [3.05, 3.63) is 153 Å². The third-order valence-corrected chi connectivity index (χ3v) is 8.63. The number of hydrogen-bond donors (Lipinski definition) is 0. The minimum atomic E-state index is 0. The molecule has 2 aliphatic carbocycles. The maximum atomic E-state index is 5.51. The van der Waals surface area contributed by atoms with E-state index < -0.39 is 0 Å². The van der Waals surface area contributed by atoms with Crippen molar-refractivity contribution >= 4 is 52.2 Å². The van der Waals surface area contributed by atoms with Crippen LogP contribution in [0.4, 0.5) is 0 Å². The monoisotopic (exact) mass is 838 g/mol. The predicted molar refractivity (Wildman–Crippen MR) is 227 cm³/mol. The van der Waals surface area contributed by atoms with Gasteiger partial charge in [0.05, 0.1) is 0 Å². The summed E-state index contributed by atoms with van der Waals surface area (Å²) in [5.74, 6) is 0.587. The summed E-state index contributed by atoms with van der Waals surface area (Å²) in [5.41, 5.74) is 10.5. The molecular formula is C46H56Cl4Zr-4. The molecule has 276 valence electrons. The molecular weight excluding hydrogens is 786 g/mol. The van der Waals surface area contributed by atoms with Crippen molar-refractivity contribution in [3.8, 4) is 11.1 Å². The average Bonchev–Trinajstić information content (AvgIpc) is 3.68. The average molecular weight is 842 g/mol. The summed E-state index contributed by atoms with van der Waals surface area (Å²) in [4.78, 5) is 0. The van der Waals surface area contributed by atoms with Gasteiger partial charge in [-0.1, -0.05) is 138 Å². The van der Waals surface area contributed by atoms with Gasteiger partial charge in [0.25, 0.3) is 0 Å². The second kappa shape index (κ2) is 23.1. The van der Waals surface area contributed by atoms with Gasteiger partial charge in [-0.25, -0.2) is 6.08 Å². The molecule has 4 aromatic carbocycles. The van der Waals surface area contributed by atoms with Gasteiger partial charge in [-0.3, -0.25) is 6.08 Å². The molecule has 0 aromatic heterocycles. The Labute approximate surface area is 348 Å². The zero-order chi connectivity index (χ0) is 36.8.